The van der Waals surface area contributed by atoms with Crippen LogP contribution in [-0.2, 0) is 10.0 Å². The van der Waals surface area contributed by atoms with Crippen molar-refractivity contribution in [1.82, 2.24) is 0 Å². The van der Waals surface area contributed by atoms with Crippen molar-refractivity contribution in [3.8, 4) is 5.75 Å². The van der Waals surface area contributed by atoms with Crippen LogP contribution in [0.4, 0.5) is 27.6 Å². The Balaban J connectivity index is 2.22. The van der Waals surface area contributed by atoms with Crippen LogP contribution in [0.3, 0.4) is 0 Å². The molecule has 0 unspecified atom stereocenters. The van der Waals surface area contributed by atoms with Gasteiger partial charge in [-0.1, -0.05) is 0 Å². The molecule has 4 nitrogen and oxygen atoms in total. The third-order valence-corrected chi connectivity index (χ3v) is 3.92. The Kier molecular flexibility index (Phi) is 4.46. The van der Waals surface area contributed by atoms with E-state index in [4.69, 9.17) is 0 Å². The molecule has 0 atom stereocenters. The summed E-state index contributed by atoms with van der Waals surface area (Å²) >= 11 is 0. The summed E-state index contributed by atoms with van der Waals surface area (Å²) in [6, 6.07) is 5.50. The molecule has 2 aromatic carbocycles. The lowest BCUT2D eigenvalue weighted by Crippen LogP contribution is -2.17. The molecule has 0 saturated carbocycles. The summed E-state index contributed by atoms with van der Waals surface area (Å²) in [6.45, 7) is 0. The van der Waals surface area contributed by atoms with Crippen LogP contribution < -0.4 is 9.46 Å². The second kappa shape index (κ2) is 6.03. The molecule has 1 N–H and O–H groups in total. The van der Waals surface area contributed by atoms with Crippen molar-refractivity contribution < 1.29 is 35.1 Å². The molecule has 0 saturated heterocycles. The standard InChI is InChI=1S/C13H8F5NO3S/c14-8-1-6-12(11(15)7-8)19-23(20,21)10-4-2-9(3-5-10)22-13(16,17)18/h1-7,19H. The van der Waals surface area contributed by atoms with Crippen LogP contribution in [0.5, 0.6) is 5.75 Å². The Morgan fingerprint density at radius 3 is 2.09 bits per heavy atom. The van der Waals surface area contributed by atoms with Crippen molar-refractivity contribution in [1.29, 1.82) is 0 Å². The average molecular weight is 353 g/mol. The monoisotopic (exact) mass is 353 g/mol. The fourth-order valence-electron chi connectivity index (χ4n) is 1.60. The van der Waals surface area contributed by atoms with E-state index in [1.54, 1.807) is 0 Å². The molecule has 23 heavy (non-hydrogen) atoms. The highest BCUT2D eigenvalue weighted by atomic mass is 32.2. The zero-order valence-corrected chi connectivity index (χ0v) is 11.9. The number of sulfonamides is 1. The smallest absolute Gasteiger partial charge is 0.406 e. The van der Waals surface area contributed by atoms with Gasteiger partial charge in [-0.25, -0.2) is 17.2 Å². The average Bonchev–Trinajstić information content (AvgIpc) is 2.41. The predicted molar refractivity (Wildman–Crippen MR) is 70.3 cm³/mol. The lowest BCUT2D eigenvalue weighted by molar-refractivity contribution is -0.274. The first kappa shape index (κ1) is 17.0. The van der Waals surface area contributed by atoms with Gasteiger partial charge in [0.15, 0.2) is 0 Å². The fourth-order valence-corrected chi connectivity index (χ4v) is 2.66. The molecule has 2 rings (SSSR count). The van der Waals surface area contributed by atoms with Crippen LogP contribution in [0, 0.1) is 11.6 Å². The number of anilines is 1. The quantitative estimate of drug-likeness (QED) is 0.854. The summed E-state index contributed by atoms with van der Waals surface area (Å²) in [5.41, 5.74) is -0.498. The molecule has 0 aromatic heterocycles. The number of hydrogen-bond acceptors (Lipinski definition) is 3. The second-order valence-electron chi connectivity index (χ2n) is 4.25. The van der Waals surface area contributed by atoms with Crippen LogP contribution in [0.2, 0.25) is 0 Å². The predicted octanol–water partition coefficient (Wildman–Crippen LogP) is 3.66. The van der Waals surface area contributed by atoms with E-state index in [1.165, 1.54) is 0 Å². The van der Waals surface area contributed by atoms with Gasteiger partial charge in [0.2, 0.25) is 0 Å². The van der Waals surface area contributed by atoms with Gasteiger partial charge in [0.1, 0.15) is 17.4 Å². The zero-order valence-electron chi connectivity index (χ0n) is 11.1. The lowest BCUT2D eigenvalue weighted by Gasteiger charge is -2.11. The molecule has 0 aliphatic carbocycles. The van der Waals surface area contributed by atoms with E-state index in [2.05, 4.69) is 4.74 Å². The van der Waals surface area contributed by atoms with Crippen molar-refractivity contribution in [2.24, 2.45) is 0 Å². The van der Waals surface area contributed by atoms with Crippen molar-refractivity contribution in [2.45, 2.75) is 11.3 Å². The number of nitrogens with one attached hydrogen (secondary N) is 1. The first-order chi connectivity index (χ1) is 10.6. The van der Waals surface area contributed by atoms with Gasteiger partial charge in [-0.3, -0.25) is 4.72 Å². The minimum absolute atomic E-state index is 0.421. The normalized spacial score (nSPS) is 12.0. The Bertz CT molecular complexity index is 803. The van der Waals surface area contributed by atoms with Crippen molar-refractivity contribution in [3.05, 3.63) is 54.1 Å². The molecule has 0 spiro atoms. The van der Waals surface area contributed by atoms with E-state index in [9.17, 15) is 30.4 Å². The summed E-state index contributed by atoms with van der Waals surface area (Å²) in [5.74, 6) is -2.63. The van der Waals surface area contributed by atoms with Crippen LogP contribution in [0.25, 0.3) is 0 Å². The van der Waals surface area contributed by atoms with E-state index in [0.29, 0.717) is 6.07 Å². The topological polar surface area (TPSA) is 55.4 Å². The summed E-state index contributed by atoms with van der Waals surface area (Å²) in [5, 5.41) is 0. The van der Waals surface area contributed by atoms with Crippen molar-refractivity contribution >= 4 is 15.7 Å². The molecular weight excluding hydrogens is 345 g/mol. The fraction of sp³-hybridized carbons (Fsp3) is 0.0769. The second-order valence-corrected chi connectivity index (χ2v) is 5.93. The Morgan fingerprint density at radius 1 is 0.957 bits per heavy atom. The molecule has 0 heterocycles. The number of ether oxygens (including phenoxy) is 1. The van der Waals surface area contributed by atoms with Crippen LogP contribution in [0.1, 0.15) is 0 Å². The molecule has 0 radical (unpaired) electrons. The summed E-state index contributed by atoms with van der Waals surface area (Å²) in [7, 11) is -4.26. The van der Waals surface area contributed by atoms with Gasteiger partial charge >= 0.3 is 6.36 Å². The SMILES string of the molecule is O=S(=O)(Nc1ccc(F)cc1F)c1ccc(OC(F)(F)F)cc1. The first-order valence-corrected chi connectivity index (χ1v) is 7.39. The number of benzene rings is 2. The van der Waals surface area contributed by atoms with Gasteiger partial charge in [-0.15, -0.1) is 13.2 Å². The number of alkyl halides is 3. The third kappa shape index (κ3) is 4.55. The van der Waals surface area contributed by atoms with E-state index in [0.717, 1.165) is 36.4 Å². The van der Waals surface area contributed by atoms with Gasteiger partial charge in [0.05, 0.1) is 10.6 Å². The van der Waals surface area contributed by atoms with Crippen LogP contribution >= 0.6 is 0 Å². The Hall–Kier alpha value is -2.36. The van der Waals surface area contributed by atoms with Gasteiger partial charge < -0.3 is 4.74 Å². The molecule has 0 fully saturated rings. The van der Waals surface area contributed by atoms with Crippen LogP contribution in [0.15, 0.2) is 47.4 Å². The minimum Gasteiger partial charge on any atom is -0.406 e. The number of halogens is 5. The first-order valence-electron chi connectivity index (χ1n) is 5.90. The molecule has 0 aliphatic rings. The summed E-state index contributed by atoms with van der Waals surface area (Å²) in [6.07, 6.45) is -4.91. The maximum absolute atomic E-state index is 13.4. The highest BCUT2D eigenvalue weighted by molar-refractivity contribution is 7.92. The Labute approximate surface area is 127 Å². The van der Waals surface area contributed by atoms with Gasteiger partial charge in [0, 0.05) is 6.07 Å². The van der Waals surface area contributed by atoms with E-state index >= 15 is 0 Å². The maximum atomic E-state index is 13.4. The number of rotatable bonds is 4. The van der Waals surface area contributed by atoms with Crippen molar-refractivity contribution in [3.63, 3.8) is 0 Å². The largest absolute Gasteiger partial charge is 0.573 e. The van der Waals surface area contributed by atoms with Gasteiger partial charge in [-0.2, -0.15) is 0 Å². The number of hydrogen-bond donors (Lipinski definition) is 1. The van der Waals surface area contributed by atoms with Crippen molar-refractivity contribution in [2.75, 3.05) is 4.72 Å². The molecule has 0 aliphatic heterocycles. The highest BCUT2D eigenvalue weighted by Crippen LogP contribution is 2.25. The summed E-state index contributed by atoms with van der Waals surface area (Å²) in [4.78, 5) is -0.421. The van der Waals surface area contributed by atoms with E-state index in [-0.39, 0.29) is 0 Å². The molecule has 2 aromatic rings. The van der Waals surface area contributed by atoms with E-state index in [1.807, 2.05) is 4.72 Å². The molecule has 0 bridgehead atoms. The maximum Gasteiger partial charge on any atom is 0.573 e. The zero-order chi connectivity index (χ0) is 17.3. The highest BCUT2D eigenvalue weighted by Gasteiger charge is 2.31. The molecule has 10 heteroatoms. The molecular formula is C13H8F5NO3S. The summed E-state index contributed by atoms with van der Waals surface area (Å²) < 4.78 is 91.7. The molecule has 0 amide bonds. The van der Waals surface area contributed by atoms with Gasteiger partial charge in [0.25, 0.3) is 10.0 Å². The van der Waals surface area contributed by atoms with Crippen LogP contribution in [-0.4, -0.2) is 14.8 Å². The lowest BCUT2D eigenvalue weighted by atomic mass is 10.3. The van der Waals surface area contributed by atoms with Gasteiger partial charge in [-0.05, 0) is 36.4 Å². The Morgan fingerprint density at radius 2 is 1.57 bits per heavy atom. The van der Waals surface area contributed by atoms with E-state index < -0.39 is 44.4 Å². The minimum atomic E-state index is -4.91. The molecule has 124 valence electrons. The third-order valence-electron chi connectivity index (χ3n) is 2.54.